The molecule has 2 amide bonds. The van der Waals surface area contributed by atoms with Crippen molar-refractivity contribution in [1.82, 2.24) is 14.9 Å². The molecule has 28 heavy (non-hydrogen) atoms. The first kappa shape index (κ1) is 19.8. The number of carbonyl (C=O) groups excluding carboxylic acids is 2. The molecule has 0 bridgehead atoms. The van der Waals surface area contributed by atoms with Crippen molar-refractivity contribution >= 4 is 23.3 Å². The molecule has 2 aromatic rings. The van der Waals surface area contributed by atoms with Crippen molar-refractivity contribution < 1.29 is 9.59 Å². The number of hydrogen-bond acceptors (Lipinski definition) is 5. The molecule has 1 saturated heterocycles. The van der Waals surface area contributed by atoms with E-state index in [0.29, 0.717) is 43.6 Å². The van der Waals surface area contributed by atoms with Gasteiger partial charge in [-0.2, -0.15) is 0 Å². The van der Waals surface area contributed by atoms with Crippen LogP contribution >= 0.6 is 0 Å². The molecular formula is C21H27N5O2. The van der Waals surface area contributed by atoms with E-state index in [-0.39, 0.29) is 11.8 Å². The first-order valence-corrected chi connectivity index (χ1v) is 9.61. The third-order valence-corrected chi connectivity index (χ3v) is 4.94. The topological polar surface area (TPSA) is 78.4 Å². The Morgan fingerprint density at radius 3 is 2.25 bits per heavy atom. The van der Waals surface area contributed by atoms with E-state index >= 15 is 0 Å². The first-order valence-electron chi connectivity index (χ1n) is 9.61. The van der Waals surface area contributed by atoms with Gasteiger partial charge in [0, 0.05) is 44.9 Å². The van der Waals surface area contributed by atoms with Crippen LogP contribution in [0, 0.1) is 6.92 Å². The monoisotopic (exact) mass is 381 g/mol. The van der Waals surface area contributed by atoms with E-state index in [1.807, 2.05) is 29.2 Å². The standard InChI is InChI=1S/C21H27N5O2/c1-14(2)17-5-7-18(8-6-17)24-21(28)19-13-20(23-15(3)22-19)26-11-9-25(10-12-26)16(4)27/h5-8,13-14H,9-12H2,1-4H3,(H,24,28). The Balaban J connectivity index is 1.72. The maximum atomic E-state index is 12.7. The highest BCUT2D eigenvalue weighted by Crippen LogP contribution is 2.19. The molecule has 0 radical (unpaired) electrons. The lowest BCUT2D eigenvalue weighted by atomic mass is 10.0. The smallest absolute Gasteiger partial charge is 0.274 e. The lowest BCUT2D eigenvalue weighted by molar-refractivity contribution is -0.129. The van der Waals surface area contributed by atoms with E-state index in [9.17, 15) is 9.59 Å². The van der Waals surface area contributed by atoms with Crippen LogP contribution in [0.3, 0.4) is 0 Å². The molecule has 1 fully saturated rings. The summed E-state index contributed by atoms with van der Waals surface area (Å²) in [6.45, 7) is 10.3. The number of nitrogens with one attached hydrogen (secondary N) is 1. The molecular weight excluding hydrogens is 354 g/mol. The van der Waals surface area contributed by atoms with Crippen molar-refractivity contribution in [3.8, 4) is 0 Å². The summed E-state index contributed by atoms with van der Waals surface area (Å²) in [6, 6.07) is 9.57. The van der Waals surface area contributed by atoms with Crippen molar-refractivity contribution in [3.05, 3.63) is 47.4 Å². The van der Waals surface area contributed by atoms with Crippen molar-refractivity contribution in [2.24, 2.45) is 0 Å². The van der Waals surface area contributed by atoms with E-state index in [1.54, 1.807) is 19.9 Å². The largest absolute Gasteiger partial charge is 0.353 e. The van der Waals surface area contributed by atoms with E-state index in [2.05, 4.69) is 34.0 Å². The number of nitrogens with zero attached hydrogens (tertiary/aromatic N) is 4. The lowest BCUT2D eigenvalue weighted by Gasteiger charge is -2.35. The van der Waals surface area contributed by atoms with Gasteiger partial charge in [-0.25, -0.2) is 9.97 Å². The predicted octanol–water partition coefficient (Wildman–Crippen LogP) is 2.83. The molecule has 1 aliphatic rings. The predicted molar refractivity (Wildman–Crippen MR) is 110 cm³/mol. The molecule has 1 aliphatic heterocycles. The summed E-state index contributed by atoms with van der Waals surface area (Å²) in [7, 11) is 0. The molecule has 148 valence electrons. The zero-order valence-electron chi connectivity index (χ0n) is 16.9. The molecule has 0 atom stereocenters. The van der Waals surface area contributed by atoms with Crippen molar-refractivity contribution in [1.29, 1.82) is 0 Å². The number of piperazine rings is 1. The summed E-state index contributed by atoms with van der Waals surface area (Å²) < 4.78 is 0. The Bertz CT molecular complexity index is 856. The molecule has 7 heteroatoms. The SMILES string of the molecule is CC(=O)N1CCN(c2cc(C(=O)Nc3ccc(C(C)C)cc3)nc(C)n2)CC1. The molecule has 0 saturated carbocycles. The molecule has 3 rings (SSSR count). The number of benzene rings is 1. The highest BCUT2D eigenvalue weighted by Gasteiger charge is 2.21. The number of rotatable bonds is 4. The number of carbonyl (C=O) groups is 2. The van der Waals surface area contributed by atoms with Crippen molar-refractivity contribution in [2.75, 3.05) is 36.4 Å². The fraction of sp³-hybridized carbons (Fsp3) is 0.429. The van der Waals surface area contributed by atoms with Gasteiger partial charge in [-0.1, -0.05) is 26.0 Å². The normalized spacial score (nSPS) is 14.3. The van der Waals surface area contributed by atoms with E-state index in [4.69, 9.17) is 0 Å². The van der Waals surface area contributed by atoms with Crippen molar-refractivity contribution in [3.63, 3.8) is 0 Å². The molecule has 1 aromatic heterocycles. The van der Waals surface area contributed by atoms with Crippen LogP contribution in [0.4, 0.5) is 11.5 Å². The highest BCUT2D eigenvalue weighted by atomic mass is 16.2. The minimum absolute atomic E-state index is 0.0853. The minimum Gasteiger partial charge on any atom is -0.353 e. The van der Waals surface area contributed by atoms with Gasteiger partial charge in [0.25, 0.3) is 5.91 Å². The second kappa shape index (κ2) is 8.37. The van der Waals surface area contributed by atoms with Crippen LogP contribution in [0.1, 0.15) is 48.6 Å². The van der Waals surface area contributed by atoms with Crippen LogP contribution in [0.25, 0.3) is 0 Å². The van der Waals surface area contributed by atoms with Gasteiger partial charge < -0.3 is 15.1 Å². The van der Waals surface area contributed by atoms with Crippen LogP contribution in [0.15, 0.2) is 30.3 Å². The van der Waals surface area contributed by atoms with Crippen LogP contribution in [0.2, 0.25) is 0 Å². The zero-order chi connectivity index (χ0) is 20.3. The van der Waals surface area contributed by atoms with Crippen LogP contribution in [-0.4, -0.2) is 52.9 Å². The summed E-state index contributed by atoms with van der Waals surface area (Å²) in [6.07, 6.45) is 0. The van der Waals surface area contributed by atoms with E-state index < -0.39 is 0 Å². The summed E-state index contributed by atoms with van der Waals surface area (Å²) in [5.41, 5.74) is 2.30. The molecule has 0 unspecified atom stereocenters. The number of aromatic nitrogens is 2. The summed E-state index contributed by atoms with van der Waals surface area (Å²) >= 11 is 0. The van der Waals surface area contributed by atoms with E-state index in [0.717, 1.165) is 11.5 Å². The van der Waals surface area contributed by atoms with Crippen molar-refractivity contribution in [2.45, 2.75) is 33.6 Å². The van der Waals surface area contributed by atoms with E-state index in [1.165, 1.54) is 5.56 Å². The average molecular weight is 381 g/mol. The second-order valence-electron chi connectivity index (χ2n) is 7.38. The Labute approximate surface area is 165 Å². The summed E-state index contributed by atoms with van der Waals surface area (Å²) in [5.74, 6) is 1.54. The molecule has 1 N–H and O–H groups in total. The molecule has 2 heterocycles. The van der Waals surface area contributed by atoms with Gasteiger partial charge in [-0.15, -0.1) is 0 Å². The number of aryl methyl sites for hydroxylation is 1. The summed E-state index contributed by atoms with van der Waals surface area (Å²) in [4.78, 5) is 36.9. The second-order valence-corrected chi connectivity index (χ2v) is 7.38. The van der Waals surface area contributed by atoms with Crippen LogP contribution in [-0.2, 0) is 4.79 Å². The maximum Gasteiger partial charge on any atom is 0.274 e. The van der Waals surface area contributed by atoms with Gasteiger partial charge in [0.2, 0.25) is 5.91 Å². The molecule has 0 spiro atoms. The third kappa shape index (κ3) is 4.65. The molecule has 0 aliphatic carbocycles. The number of anilines is 2. The molecule has 1 aromatic carbocycles. The van der Waals surface area contributed by atoms with Gasteiger partial charge in [0.15, 0.2) is 0 Å². The Hall–Kier alpha value is -2.96. The maximum absolute atomic E-state index is 12.7. The third-order valence-electron chi connectivity index (χ3n) is 4.94. The number of hydrogen-bond donors (Lipinski definition) is 1. The zero-order valence-corrected chi connectivity index (χ0v) is 16.9. The fourth-order valence-electron chi connectivity index (χ4n) is 3.23. The first-order chi connectivity index (χ1) is 13.3. The Kier molecular flexibility index (Phi) is 5.92. The van der Waals surface area contributed by atoms with Gasteiger partial charge in [0.1, 0.15) is 17.3 Å². The number of amides is 2. The highest BCUT2D eigenvalue weighted by molar-refractivity contribution is 6.03. The van der Waals surface area contributed by atoms with Crippen LogP contribution in [0.5, 0.6) is 0 Å². The Morgan fingerprint density at radius 1 is 1.04 bits per heavy atom. The molecule has 7 nitrogen and oxygen atoms in total. The summed E-state index contributed by atoms with van der Waals surface area (Å²) in [5, 5.41) is 2.90. The fourth-order valence-corrected chi connectivity index (χ4v) is 3.23. The van der Waals surface area contributed by atoms with Gasteiger partial charge >= 0.3 is 0 Å². The lowest BCUT2D eigenvalue weighted by Crippen LogP contribution is -2.48. The average Bonchev–Trinajstić information content (AvgIpc) is 2.68. The van der Waals surface area contributed by atoms with Gasteiger partial charge in [-0.05, 0) is 30.5 Å². The Morgan fingerprint density at radius 2 is 1.68 bits per heavy atom. The minimum atomic E-state index is -0.258. The van der Waals surface area contributed by atoms with Crippen LogP contribution < -0.4 is 10.2 Å². The quantitative estimate of drug-likeness (QED) is 0.881. The van der Waals surface area contributed by atoms with Gasteiger partial charge in [0.05, 0.1) is 0 Å². The van der Waals surface area contributed by atoms with Gasteiger partial charge in [-0.3, -0.25) is 9.59 Å².